The summed E-state index contributed by atoms with van der Waals surface area (Å²) in [6, 6.07) is 18.9. The lowest BCUT2D eigenvalue weighted by Gasteiger charge is -2.31. The normalized spacial score (nSPS) is 27.0. The largest absolute Gasteiger partial charge is 0.343 e. The lowest BCUT2D eigenvalue weighted by atomic mass is 10.0. The molecule has 30 heavy (non-hydrogen) atoms. The molecule has 2 heterocycles. The van der Waals surface area contributed by atoms with E-state index in [9.17, 15) is 4.79 Å². The molecule has 0 aliphatic carbocycles. The molecule has 0 radical (unpaired) electrons. The van der Waals surface area contributed by atoms with Crippen LogP contribution in [0.1, 0.15) is 35.8 Å². The summed E-state index contributed by atoms with van der Waals surface area (Å²) < 4.78 is 6.66. The van der Waals surface area contributed by atoms with Crippen molar-refractivity contribution in [1.82, 2.24) is 9.80 Å². The minimum Gasteiger partial charge on any atom is -0.343 e. The van der Waals surface area contributed by atoms with Crippen molar-refractivity contribution in [2.45, 2.75) is 57.9 Å². The van der Waals surface area contributed by atoms with Crippen LogP contribution in [0.15, 0.2) is 65.9 Å². The molecule has 4 atom stereocenters. The molecule has 2 aromatic rings. The topological polar surface area (TPSA) is 32.8 Å². The molecule has 4 nitrogen and oxygen atoms in total. The van der Waals surface area contributed by atoms with Gasteiger partial charge in [0.15, 0.2) is 6.23 Å². The molecular weight excluding hydrogens is 388 g/mol. The molecule has 2 aliphatic heterocycles. The number of hydrogen-bond donors (Lipinski definition) is 0. The summed E-state index contributed by atoms with van der Waals surface area (Å²) in [5.41, 5.74) is 3.55. The number of rotatable bonds is 4. The number of carbonyl (C=O) groups is 1. The molecule has 4 rings (SSSR count). The van der Waals surface area contributed by atoms with E-state index in [2.05, 4.69) is 76.0 Å². The first kappa shape index (κ1) is 20.9. The van der Waals surface area contributed by atoms with Gasteiger partial charge in [-0.05, 0) is 36.2 Å². The van der Waals surface area contributed by atoms with Crippen molar-refractivity contribution in [2.75, 3.05) is 7.05 Å². The van der Waals surface area contributed by atoms with Gasteiger partial charge in [0.1, 0.15) is 6.10 Å². The average Bonchev–Trinajstić information content (AvgIpc) is 3.24. The number of ether oxygens (including phenoxy) is 1. The first-order valence-electron chi connectivity index (χ1n) is 10.7. The fraction of sp³-hybridized carbons (Fsp3) is 0.400. The number of nitrogens with zero attached hydrogens (tertiary/aromatic N) is 2. The summed E-state index contributed by atoms with van der Waals surface area (Å²) in [5, 5.41) is 1.36. The first-order chi connectivity index (χ1) is 14.2. The third-order valence-corrected chi connectivity index (χ3v) is 8.56. The van der Waals surface area contributed by atoms with Crippen molar-refractivity contribution in [3.8, 4) is 0 Å². The molecule has 1 fully saturated rings. The zero-order valence-corrected chi connectivity index (χ0v) is 19.8. The SMILES string of the molecule is Cc1cccc([C@@H]2O[C@H](N3C(=O)N(C)[C@@H](C)[C@H]3c3ccccc3)C=C2[Si](C)(C)C)c1. The molecule has 0 bridgehead atoms. The molecule has 2 amide bonds. The van der Waals surface area contributed by atoms with Crippen LogP contribution in [0, 0.1) is 6.92 Å². The molecule has 0 N–H and O–H groups in total. The lowest BCUT2D eigenvalue weighted by molar-refractivity contribution is -0.0302. The monoisotopic (exact) mass is 420 g/mol. The van der Waals surface area contributed by atoms with E-state index in [1.54, 1.807) is 0 Å². The fourth-order valence-electron chi connectivity index (χ4n) is 4.65. The minimum atomic E-state index is -1.65. The molecule has 2 aliphatic rings. The van der Waals surface area contributed by atoms with Crippen molar-refractivity contribution in [3.63, 3.8) is 0 Å². The van der Waals surface area contributed by atoms with Crippen LogP contribution >= 0.6 is 0 Å². The Morgan fingerprint density at radius 2 is 1.63 bits per heavy atom. The van der Waals surface area contributed by atoms with Gasteiger partial charge in [0.05, 0.1) is 20.2 Å². The van der Waals surface area contributed by atoms with E-state index < -0.39 is 8.07 Å². The van der Waals surface area contributed by atoms with Gasteiger partial charge in [-0.15, -0.1) is 0 Å². The van der Waals surface area contributed by atoms with Crippen LogP contribution < -0.4 is 0 Å². The maximum absolute atomic E-state index is 13.3. The second kappa shape index (κ2) is 7.71. The molecule has 0 spiro atoms. The molecular formula is C25H32N2O2Si. The van der Waals surface area contributed by atoms with E-state index in [4.69, 9.17) is 4.74 Å². The van der Waals surface area contributed by atoms with Crippen LogP contribution in [0.3, 0.4) is 0 Å². The lowest BCUT2D eigenvalue weighted by Crippen LogP contribution is -2.39. The second-order valence-corrected chi connectivity index (χ2v) is 14.7. The van der Waals surface area contributed by atoms with Crippen LogP contribution in [0.2, 0.25) is 19.6 Å². The number of amides is 2. The van der Waals surface area contributed by atoms with Crippen LogP contribution in [0.25, 0.3) is 0 Å². The number of hydrogen-bond acceptors (Lipinski definition) is 2. The first-order valence-corrected chi connectivity index (χ1v) is 14.2. The molecule has 2 aromatic carbocycles. The Morgan fingerprint density at radius 3 is 2.27 bits per heavy atom. The van der Waals surface area contributed by atoms with Gasteiger partial charge in [0.2, 0.25) is 0 Å². The number of carbonyl (C=O) groups excluding carboxylic acids is 1. The van der Waals surface area contributed by atoms with Crippen molar-refractivity contribution >= 4 is 14.1 Å². The summed E-state index contributed by atoms with van der Waals surface area (Å²) in [6.07, 6.45) is 1.79. The molecule has 1 saturated heterocycles. The van der Waals surface area contributed by atoms with Gasteiger partial charge in [-0.1, -0.05) is 79.8 Å². The van der Waals surface area contributed by atoms with Gasteiger partial charge in [0.25, 0.3) is 0 Å². The summed E-state index contributed by atoms with van der Waals surface area (Å²) in [5.74, 6) is 0. The molecule has 158 valence electrons. The fourth-order valence-corrected chi connectivity index (χ4v) is 6.31. The van der Waals surface area contributed by atoms with Gasteiger partial charge in [-0.25, -0.2) is 4.79 Å². The number of benzene rings is 2. The zero-order chi connectivity index (χ0) is 21.6. The van der Waals surface area contributed by atoms with Gasteiger partial charge in [-0.2, -0.15) is 0 Å². The maximum atomic E-state index is 13.3. The molecule has 0 aromatic heterocycles. The van der Waals surface area contributed by atoms with Gasteiger partial charge in [0, 0.05) is 7.05 Å². The molecule has 0 unspecified atom stereocenters. The Hall–Kier alpha value is -2.37. The number of aryl methyl sites for hydroxylation is 1. The van der Waals surface area contributed by atoms with Crippen molar-refractivity contribution < 1.29 is 9.53 Å². The van der Waals surface area contributed by atoms with Gasteiger partial charge >= 0.3 is 6.03 Å². The Labute approximate surface area is 181 Å². The molecule has 0 saturated carbocycles. The Morgan fingerprint density at radius 1 is 0.967 bits per heavy atom. The van der Waals surface area contributed by atoms with E-state index in [1.807, 2.05) is 35.0 Å². The highest BCUT2D eigenvalue weighted by Crippen LogP contribution is 2.44. The Bertz CT molecular complexity index is 967. The highest BCUT2D eigenvalue weighted by Gasteiger charge is 2.48. The van der Waals surface area contributed by atoms with E-state index in [1.165, 1.54) is 16.3 Å². The Balaban J connectivity index is 1.75. The van der Waals surface area contributed by atoms with E-state index in [0.717, 1.165) is 5.56 Å². The van der Waals surface area contributed by atoms with E-state index in [0.29, 0.717) is 0 Å². The third kappa shape index (κ3) is 3.61. The molecule has 5 heteroatoms. The minimum absolute atomic E-state index is 0.0254. The van der Waals surface area contributed by atoms with Crippen LogP contribution in [-0.2, 0) is 4.74 Å². The summed E-state index contributed by atoms with van der Waals surface area (Å²) in [6.45, 7) is 11.3. The Kier molecular flexibility index (Phi) is 5.37. The summed E-state index contributed by atoms with van der Waals surface area (Å²) in [7, 11) is 0.235. The summed E-state index contributed by atoms with van der Waals surface area (Å²) >= 11 is 0. The average molecular weight is 421 g/mol. The standard InChI is InChI=1S/C25H32N2O2Si/c1-17-11-10-14-20(15-17)24-21(30(4,5)6)16-22(29-24)27-23(18(2)26(3)25(27)28)19-12-8-7-9-13-19/h7-16,18,22-24H,1-6H3/t18-,22-,23-,24-/m0/s1. The highest BCUT2D eigenvalue weighted by atomic mass is 28.3. The van der Waals surface area contributed by atoms with Crippen LogP contribution in [-0.4, -0.2) is 43.2 Å². The van der Waals surface area contributed by atoms with Crippen molar-refractivity contribution in [1.29, 1.82) is 0 Å². The van der Waals surface area contributed by atoms with Crippen molar-refractivity contribution in [3.05, 3.63) is 82.6 Å². The zero-order valence-electron chi connectivity index (χ0n) is 18.8. The smallest absolute Gasteiger partial charge is 0.322 e. The van der Waals surface area contributed by atoms with E-state index in [-0.39, 0.29) is 30.4 Å². The van der Waals surface area contributed by atoms with Crippen LogP contribution in [0.5, 0.6) is 0 Å². The predicted octanol–water partition coefficient (Wildman–Crippen LogP) is 5.69. The predicted molar refractivity (Wildman–Crippen MR) is 124 cm³/mol. The summed E-state index contributed by atoms with van der Waals surface area (Å²) in [4.78, 5) is 17.1. The number of likely N-dealkylation sites (N-methyl/N-ethyl adjacent to an activating group) is 1. The van der Waals surface area contributed by atoms with E-state index >= 15 is 0 Å². The quantitative estimate of drug-likeness (QED) is 0.595. The number of urea groups is 1. The highest BCUT2D eigenvalue weighted by molar-refractivity contribution is 6.83. The van der Waals surface area contributed by atoms with Gasteiger partial charge in [-0.3, -0.25) is 4.90 Å². The van der Waals surface area contributed by atoms with Crippen molar-refractivity contribution in [2.24, 2.45) is 0 Å². The third-order valence-electron chi connectivity index (χ3n) is 6.40. The maximum Gasteiger partial charge on any atom is 0.322 e. The van der Waals surface area contributed by atoms with Gasteiger partial charge < -0.3 is 9.64 Å². The second-order valence-electron chi connectivity index (χ2n) is 9.59. The van der Waals surface area contributed by atoms with Crippen LogP contribution in [0.4, 0.5) is 4.79 Å².